The number of benzene rings is 1. The number of carbonyl (C=O) groups is 1. The zero-order chi connectivity index (χ0) is 22.4. The summed E-state index contributed by atoms with van der Waals surface area (Å²) in [6.45, 7) is 1.09. The van der Waals surface area contributed by atoms with Gasteiger partial charge in [0.15, 0.2) is 0 Å². The second kappa shape index (κ2) is 8.24. The smallest absolute Gasteiger partial charge is 0.233 e. The third-order valence-electron chi connectivity index (χ3n) is 8.26. The van der Waals surface area contributed by atoms with Gasteiger partial charge in [-0.3, -0.25) is 4.79 Å². The highest BCUT2D eigenvalue weighted by atomic mass is 19.1. The van der Waals surface area contributed by atoms with Gasteiger partial charge in [-0.05, 0) is 86.3 Å². The van der Waals surface area contributed by atoms with Crippen LogP contribution < -0.4 is 0 Å². The lowest BCUT2D eigenvalue weighted by Crippen LogP contribution is -2.56. The van der Waals surface area contributed by atoms with Gasteiger partial charge in [0.05, 0.1) is 5.41 Å². The van der Waals surface area contributed by atoms with Gasteiger partial charge in [0, 0.05) is 43.1 Å². The molecule has 1 N–H and O–H groups in total. The SMILES string of the molecule is O=C(N1[C@H]2CC[C@H]1CC(Cc1ccnc3[nH]ccc13)C2)C1(c2cccc(F)c2)CCOCC1. The Morgan fingerprint density at radius 2 is 1.94 bits per heavy atom. The molecule has 0 aliphatic carbocycles. The van der Waals surface area contributed by atoms with E-state index in [0.717, 1.165) is 43.3 Å². The minimum Gasteiger partial charge on any atom is -0.381 e. The molecule has 172 valence electrons. The predicted octanol–water partition coefficient (Wildman–Crippen LogP) is 4.76. The van der Waals surface area contributed by atoms with Gasteiger partial charge in [0.25, 0.3) is 0 Å². The zero-order valence-corrected chi connectivity index (χ0v) is 18.8. The van der Waals surface area contributed by atoms with Crippen LogP contribution in [-0.2, 0) is 21.4 Å². The van der Waals surface area contributed by atoms with Crippen molar-refractivity contribution < 1.29 is 13.9 Å². The van der Waals surface area contributed by atoms with Gasteiger partial charge in [-0.2, -0.15) is 0 Å². The van der Waals surface area contributed by atoms with Gasteiger partial charge < -0.3 is 14.6 Å². The topological polar surface area (TPSA) is 58.2 Å². The van der Waals surface area contributed by atoms with E-state index < -0.39 is 5.41 Å². The minimum atomic E-state index is -0.670. The Hall–Kier alpha value is -2.73. The number of halogens is 1. The number of aromatic nitrogens is 2. The van der Waals surface area contributed by atoms with Crippen LogP contribution in [0.5, 0.6) is 0 Å². The van der Waals surface area contributed by atoms with Crippen LogP contribution in [0.3, 0.4) is 0 Å². The molecule has 6 heteroatoms. The lowest BCUT2D eigenvalue weighted by atomic mass is 9.72. The molecule has 0 spiro atoms. The first-order chi connectivity index (χ1) is 16.1. The highest BCUT2D eigenvalue weighted by Gasteiger charge is 2.51. The summed E-state index contributed by atoms with van der Waals surface area (Å²) in [6.07, 6.45) is 10.3. The van der Waals surface area contributed by atoms with Crippen LogP contribution in [0, 0.1) is 11.7 Å². The van der Waals surface area contributed by atoms with Gasteiger partial charge in [-0.1, -0.05) is 12.1 Å². The number of H-pyrrole nitrogens is 1. The Morgan fingerprint density at radius 3 is 2.70 bits per heavy atom. The highest BCUT2D eigenvalue weighted by Crippen LogP contribution is 2.45. The molecule has 5 heterocycles. The molecule has 3 fully saturated rings. The predicted molar refractivity (Wildman–Crippen MR) is 124 cm³/mol. The maximum absolute atomic E-state index is 14.2. The number of piperidine rings is 1. The zero-order valence-electron chi connectivity index (χ0n) is 18.8. The van der Waals surface area contributed by atoms with Crippen molar-refractivity contribution in [3.8, 4) is 0 Å². The first-order valence-corrected chi connectivity index (χ1v) is 12.2. The summed E-state index contributed by atoms with van der Waals surface area (Å²) in [5, 5.41) is 1.20. The number of fused-ring (bicyclic) bond motifs is 3. The summed E-state index contributed by atoms with van der Waals surface area (Å²) in [5.74, 6) is 0.479. The summed E-state index contributed by atoms with van der Waals surface area (Å²) in [4.78, 5) is 24.0. The number of pyridine rings is 1. The van der Waals surface area contributed by atoms with Crippen molar-refractivity contribution in [3.05, 3.63) is 65.7 Å². The maximum atomic E-state index is 14.2. The number of ether oxygens (including phenoxy) is 1. The summed E-state index contributed by atoms with van der Waals surface area (Å²) in [7, 11) is 0. The second-order valence-corrected chi connectivity index (χ2v) is 10.1. The molecule has 3 aliphatic rings. The van der Waals surface area contributed by atoms with E-state index in [1.54, 1.807) is 12.1 Å². The second-order valence-electron chi connectivity index (χ2n) is 10.1. The van der Waals surface area contributed by atoms with Gasteiger partial charge in [-0.15, -0.1) is 0 Å². The average molecular weight is 448 g/mol. The minimum absolute atomic E-state index is 0.194. The molecule has 0 unspecified atom stereocenters. The molecule has 33 heavy (non-hydrogen) atoms. The van der Waals surface area contributed by atoms with E-state index in [1.807, 2.05) is 18.5 Å². The first-order valence-electron chi connectivity index (χ1n) is 12.2. The van der Waals surface area contributed by atoms with Crippen LogP contribution in [0.1, 0.15) is 49.7 Å². The maximum Gasteiger partial charge on any atom is 0.233 e. The quantitative estimate of drug-likeness (QED) is 0.627. The molecule has 6 rings (SSSR count). The van der Waals surface area contributed by atoms with E-state index in [9.17, 15) is 9.18 Å². The van der Waals surface area contributed by atoms with Gasteiger partial charge in [0.1, 0.15) is 11.5 Å². The van der Waals surface area contributed by atoms with Crippen LogP contribution in [0.4, 0.5) is 4.39 Å². The normalized spacial score (nSPS) is 26.6. The molecule has 3 aliphatic heterocycles. The Labute approximate surface area is 193 Å². The van der Waals surface area contributed by atoms with E-state index in [4.69, 9.17) is 4.74 Å². The number of nitrogens with zero attached hydrogens (tertiary/aromatic N) is 2. The van der Waals surface area contributed by atoms with Gasteiger partial charge in [-0.25, -0.2) is 9.37 Å². The molecule has 2 aromatic heterocycles. The Morgan fingerprint density at radius 1 is 1.15 bits per heavy atom. The van der Waals surface area contributed by atoms with E-state index in [0.29, 0.717) is 32.0 Å². The standard InChI is InChI=1S/C27H30FN3O2/c28-21-3-1-2-20(17-21)27(8-12-33-13-9-27)26(32)31-22-4-5-23(31)16-18(15-22)14-19-6-10-29-25-24(19)7-11-30-25/h1-3,6-7,10-11,17-18,22-23H,4-5,8-9,12-16H2,(H,29,30)/t22-,23-/m0/s1. The lowest BCUT2D eigenvalue weighted by molar-refractivity contribution is -0.146. The van der Waals surface area contributed by atoms with Crippen molar-refractivity contribution in [2.45, 2.75) is 62.4 Å². The number of hydrogen-bond donors (Lipinski definition) is 1. The monoisotopic (exact) mass is 447 g/mol. The molecule has 3 saturated heterocycles. The number of aromatic amines is 1. The molecular weight excluding hydrogens is 417 g/mol. The number of amides is 1. The van der Waals surface area contributed by atoms with Crippen LogP contribution in [0.25, 0.3) is 11.0 Å². The molecule has 5 nitrogen and oxygen atoms in total. The summed E-state index contributed by atoms with van der Waals surface area (Å²) in [5.41, 5.74) is 2.42. The summed E-state index contributed by atoms with van der Waals surface area (Å²) in [6, 6.07) is 11.5. The fourth-order valence-electron chi connectivity index (χ4n) is 6.67. The van der Waals surface area contributed by atoms with E-state index in [2.05, 4.69) is 27.0 Å². The number of nitrogens with one attached hydrogen (secondary N) is 1. The van der Waals surface area contributed by atoms with Crippen molar-refractivity contribution >= 4 is 16.9 Å². The molecule has 1 aromatic carbocycles. The molecule has 0 saturated carbocycles. The first kappa shape index (κ1) is 20.8. The van der Waals surface area contributed by atoms with Crippen LogP contribution in [0.15, 0.2) is 48.8 Å². The third-order valence-corrected chi connectivity index (χ3v) is 8.26. The van der Waals surface area contributed by atoms with Crippen LogP contribution in [0.2, 0.25) is 0 Å². The van der Waals surface area contributed by atoms with E-state index in [1.165, 1.54) is 17.0 Å². The fourth-order valence-corrected chi connectivity index (χ4v) is 6.67. The molecule has 2 bridgehead atoms. The Bertz CT molecular complexity index is 1150. The average Bonchev–Trinajstić information content (AvgIpc) is 3.42. The molecular formula is C27H30FN3O2. The fraction of sp³-hybridized carbons (Fsp3) is 0.481. The molecule has 0 radical (unpaired) electrons. The Kier molecular flexibility index (Phi) is 5.21. The largest absolute Gasteiger partial charge is 0.381 e. The van der Waals surface area contributed by atoms with Crippen molar-refractivity contribution in [2.75, 3.05) is 13.2 Å². The van der Waals surface area contributed by atoms with Gasteiger partial charge >= 0.3 is 0 Å². The van der Waals surface area contributed by atoms with Crippen molar-refractivity contribution in [1.29, 1.82) is 0 Å². The Balaban J connectivity index is 1.25. The molecule has 1 amide bonds. The number of hydrogen-bond acceptors (Lipinski definition) is 3. The van der Waals surface area contributed by atoms with E-state index >= 15 is 0 Å². The summed E-state index contributed by atoms with van der Waals surface area (Å²) < 4.78 is 19.8. The van der Waals surface area contributed by atoms with Crippen LogP contribution >= 0.6 is 0 Å². The number of carbonyl (C=O) groups excluding carboxylic acids is 1. The van der Waals surface area contributed by atoms with Gasteiger partial charge in [0.2, 0.25) is 5.91 Å². The van der Waals surface area contributed by atoms with Crippen molar-refractivity contribution in [3.63, 3.8) is 0 Å². The lowest BCUT2D eigenvalue weighted by Gasteiger charge is -2.46. The molecule has 3 aromatic rings. The molecule has 2 atom stereocenters. The summed E-state index contributed by atoms with van der Waals surface area (Å²) >= 11 is 0. The van der Waals surface area contributed by atoms with E-state index in [-0.39, 0.29) is 23.8 Å². The van der Waals surface area contributed by atoms with Crippen molar-refractivity contribution in [2.24, 2.45) is 5.92 Å². The third kappa shape index (κ3) is 3.55. The highest BCUT2D eigenvalue weighted by molar-refractivity contribution is 5.89. The number of rotatable bonds is 4. The van der Waals surface area contributed by atoms with Crippen LogP contribution in [-0.4, -0.2) is 46.1 Å². The van der Waals surface area contributed by atoms with Crippen molar-refractivity contribution in [1.82, 2.24) is 14.9 Å².